The fraction of sp³-hybridized carbons (Fsp3) is 0.667. The maximum atomic E-state index is 11.3. The minimum absolute atomic E-state index is 0.142. The van der Waals surface area contributed by atoms with Gasteiger partial charge >= 0.3 is 7.82 Å². The Bertz CT molecular complexity index is 699. The van der Waals surface area contributed by atoms with E-state index in [1.807, 2.05) is 6.07 Å². The Labute approximate surface area is 142 Å². The molecule has 0 aromatic heterocycles. The van der Waals surface area contributed by atoms with Crippen molar-refractivity contribution in [3.05, 3.63) is 29.3 Å². The van der Waals surface area contributed by atoms with Crippen LogP contribution in [0, 0.1) is 17.3 Å². The van der Waals surface area contributed by atoms with E-state index in [9.17, 15) is 19.5 Å². The van der Waals surface area contributed by atoms with Gasteiger partial charge in [0.1, 0.15) is 5.75 Å². The van der Waals surface area contributed by atoms with Crippen LogP contribution in [0.15, 0.2) is 18.2 Å². The van der Waals surface area contributed by atoms with Gasteiger partial charge in [-0.15, -0.1) is 0 Å². The van der Waals surface area contributed by atoms with Crippen molar-refractivity contribution in [3.63, 3.8) is 0 Å². The molecule has 3 aliphatic rings. The lowest BCUT2D eigenvalue weighted by Gasteiger charge is -2.50. The zero-order valence-electron chi connectivity index (χ0n) is 13.9. The van der Waals surface area contributed by atoms with Gasteiger partial charge in [-0.05, 0) is 85.0 Å². The standard InChI is InChI=1S/C18H25O5P/c1-18-9-8-14-13-5-3-12(19)10-11(13)2-4-15(14)16(18)6-7-17(18)23-24(20,21)22/h3,5,10,14-17,19H,2,4,6-9H2,1H3,(H2,20,21,22)/t14-,15-,16-,17-,18+/m0/s1. The van der Waals surface area contributed by atoms with Gasteiger partial charge in [-0.25, -0.2) is 4.57 Å². The summed E-state index contributed by atoms with van der Waals surface area (Å²) < 4.78 is 16.5. The Morgan fingerprint density at radius 3 is 2.75 bits per heavy atom. The third kappa shape index (κ3) is 2.62. The second-order valence-electron chi connectivity index (χ2n) is 8.01. The quantitative estimate of drug-likeness (QED) is 0.706. The summed E-state index contributed by atoms with van der Waals surface area (Å²) in [6.07, 6.45) is 5.39. The largest absolute Gasteiger partial charge is 0.508 e. The number of hydrogen-bond donors (Lipinski definition) is 3. The molecule has 2 fully saturated rings. The normalized spacial score (nSPS) is 38.3. The number of aryl methyl sites for hydroxylation is 1. The first kappa shape index (κ1) is 16.6. The molecule has 0 saturated heterocycles. The molecule has 6 heteroatoms. The van der Waals surface area contributed by atoms with Crippen LogP contribution in [0.2, 0.25) is 0 Å². The molecule has 0 radical (unpaired) electrons. The van der Waals surface area contributed by atoms with Crippen LogP contribution in [0.4, 0.5) is 0 Å². The van der Waals surface area contributed by atoms with E-state index in [4.69, 9.17) is 4.52 Å². The van der Waals surface area contributed by atoms with Crippen LogP contribution >= 0.6 is 7.82 Å². The molecule has 132 valence electrons. The number of aromatic hydroxyl groups is 1. The van der Waals surface area contributed by atoms with Gasteiger partial charge in [0.2, 0.25) is 0 Å². The van der Waals surface area contributed by atoms with Gasteiger partial charge in [-0.3, -0.25) is 4.52 Å². The first-order valence-electron chi connectivity index (χ1n) is 8.84. The Balaban J connectivity index is 1.62. The van der Waals surface area contributed by atoms with Crippen molar-refractivity contribution in [2.45, 2.75) is 57.5 Å². The zero-order valence-corrected chi connectivity index (χ0v) is 14.8. The molecular formula is C18H25O5P. The summed E-state index contributed by atoms with van der Waals surface area (Å²) in [5.41, 5.74) is 2.49. The Kier molecular flexibility index (Phi) is 3.85. The van der Waals surface area contributed by atoms with Gasteiger partial charge in [0.05, 0.1) is 6.10 Å². The third-order valence-corrected chi connectivity index (χ3v) is 7.42. The second-order valence-corrected chi connectivity index (χ2v) is 9.20. The molecule has 0 bridgehead atoms. The average molecular weight is 352 g/mol. The Hall–Kier alpha value is -0.870. The molecule has 0 aliphatic heterocycles. The summed E-state index contributed by atoms with van der Waals surface area (Å²) in [5, 5.41) is 9.73. The van der Waals surface area contributed by atoms with Crippen molar-refractivity contribution < 1.29 is 24.0 Å². The molecular weight excluding hydrogens is 327 g/mol. The van der Waals surface area contributed by atoms with Gasteiger partial charge in [-0.1, -0.05) is 13.0 Å². The van der Waals surface area contributed by atoms with Gasteiger partial charge in [0.25, 0.3) is 0 Å². The number of phenols is 1. The van der Waals surface area contributed by atoms with E-state index in [2.05, 4.69) is 13.0 Å². The van der Waals surface area contributed by atoms with Gasteiger partial charge in [0, 0.05) is 0 Å². The monoisotopic (exact) mass is 352 g/mol. The lowest BCUT2D eigenvalue weighted by Crippen LogP contribution is -2.44. The molecule has 2 saturated carbocycles. The average Bonchev–Trinajstić information content (AvgIpc) is 2.82. The fourth-order valence-corrected chi connectivity index (χ4v) is 6.54. The van der Waals surface area contributed by atoms with Gasteiger partial charge in [-0.2, -0.15) is 0 Å². The zero-order chi connectivity index (χ0) is 17.1. The van der Waals surface area contributed by atoms with Crippen molar-refractivity contribution in [3.8, 4) is 5.75 Å². The SMILES string of the molecule is C[C@@]12CC[C@H]3c4ccc(O)cc4CC[C@@H]3[C@@H]1CC[C@@H]2OP(=O)(O)O. The van der Waals surface area contributed by atoms with Crippen molar-refractivity contribution in [1.82, 2.24) is 0 Å². The predicted molar refractivity (Wildman–Crippen MR) is 89.6 cm³/mol. The van der Waals surface area contributed by atoms with Crippen LogP contribution in [-0.4, -0.2) is 21.0 Å². The number of benzene rings is 1. The molecule has 0 heterocycles. The fourth-order valence-electron chi connectivity index (χ4n) is 5.86. The van der Waals surface area contributed by atoms with Crippen LogP contribution in [0.1, 0.15) is 56.1 Å². The maximum Gasteiger partial charge on any atom is 0.469 e. The van der Waals surface area contributed by atoms with E-state index in [1.54, 1.807) is 6.07 Å². The highest BCUT2D eigenvalue weighted by Gasteiger charge is 2.56. The number of phosphoric ester groups is 1. The minimum atomic E-state index is -4.44. The van der Waals surface area contributed by atoms with Crippen LogP contribution < -0.4 is 0 Å². The van der Waals surface area contributed by atoms with E-state index in [0.717, 1.165) is 38.5 Å². The Morgan fingerprint density at radius 2 is 2.00 bits per heavy atom. The molecule has 24 heavy (non-hydrogen) atoms. The van der Waals surface area contributed by atoms with E-state index < -0.39 is 7.82 Å². The summed E-state index contributed by atoms with van der Waals surface area (Å²) in [6, 6.07) is 5.75. The van der Waals surface area contributed by atoms with E-state index in [-0.39, 0.29) is 11.5 Å². The topological polar surface area (TPSA) is 87.0 Å². The first-order valence-corrected chi connectivity index (χ1v) is 10.4. The minimum Gasteiger partial charge on any atom is -0.508 e. The molecule has 0 amide bonds. The van der Waals surface area contributed by atoms with Gasteiger partial charge < -0.3 is 14.9 Å². The molecule has 0 spiro atoms. The molecule has 0 unspecified atom stereocenters. The number of fused-ring (bicyclic) bond motifs is 5. The second kappa shape index (κ2) is 5.57. The number of phenolic OH excluding ortho intramolecular Hbond substituents is 1. The molecule has 5 atom stereocenters. The van der Waals surface area contributed by atoms with Crippen molar-refractivity contribution >= 4 is 7.82 Å². The molecule has 3 N–H and O–H groups in total. The highest BCUT2D eigenvalue weighted by atomic mass is 31.2. The smallest absolute Gasteiger partial charge is 0.469 e. The Morgan fingerprint density at radius 1 is 1.21 bits per heavy atom. The summed E-state index contributed by atoms with van der Waals surface area (Å²) in [7, 11) is -4.44. The summed E-state index contributed by atoms with van der Waals surface area (Å²) in [6.45, 7) is 2.16. The molecule has 4 rings (SSSR count). The van der Waals surface area contributed by atoms with Crippen molar-refractivity contribution in [1.29, 1.82) is 0 Å². The maximum absolute atomic E-state index is 11.3. The molecule has 5 nitrogen and oxygen atoms in total. The summed E-state index contributed by atoms with van der Waals surface area (Å²) >= 11 is 0. The van der Waals surface area contributed by atoms with Gasteiger partial charge in [0.15, 0.2) is 0 Å². The van der Waals surface area contributed by atoms with Crippen LogP contribution in [0.3, 0.4) is 0 Å². The summed E-state index contributed by atoms with van der Waals surface area (Å²) in [4.78, 5) is 18.5. The molecule has 1 aromatic carbocycles. The highest BCUT2D eigenvalue weighted by Crippen LogP contribution is 2.63. The molecule has 3 aliphatic carbocycles. The number of hydrogen-bond acceptors (Lipinski definition) is 3. The lowest BCUT2D eigenvalue weighted by atomic mass is 9.55. The van der Waals surface area contributed by atoms with E-state index >= 15 is 0 Å². The highest BCUT2D eigenvalue weighted by molar-refractivity contribution is 7.46. The molecule has 1 aromatic rings. The third-order valence-electron chi connectivity index (χ3n) is 6.89. The number of rotatable bonds is 2. The van der Waals surface area contributed by atoms with E-state index in [0.29, 0.717) is 23.5 Å². The lowest BCUT2D eigenvalue weighted by molar-refractivity contribution is -0.0217. The van der Waals surface area contributed by atoms with Crippen LogP contribution in [0.5, 0.6) is 5.75 Å². The first-order chi connectivity index (χ1) is 11.3. The van der Waals surface area contributed by atoms with E-state index in [1.165, 1.54) is 11.1 Å². The summed E-state index contributed by atoms with van der Waals surface area (Å²) in [5.74, 6) is 1.84. The van der Waals surface area contributed by atoms with Crippen molar-refractivity contribution in [2.75, 3.05) is 0 Å². The van der Waals surface area contributed by atoms with Crippen molar-refractivity contribution in [2.24, 2.45) is 17.3 Å². The van der Waals surface area contributed by atoms with Crippen LogP contribution in [-0.2, 0) is 15.5 Å². The predicted octanol–water partition coefficient (Wildman–Crippen LogP) is 3.73. The van der Waals surface area contributed by atoms with Crippen LogP contribution in [0.25, 0.3) is 0 Å². The number of phosphoric acid groups is 1.